The van der Waals surface area contributed by atoms with E-state index in [1.54, 1.807) is 16.6 Å². The summed E-state index contributed by atoms with van der Waals surface area (Å²) in [5.41, 5.74) is 5.70. The van der Waals surface area contributed by atoms with Crippen LogP contribution in [0, 0.1) is 0 Å². The minimum absolute atomic E-state index is 0.110. The molecule has 4 N–H and O–H groups in total. The lowest BCUT2D eigenvalue weighted by molar-refractivity contribution is -0.192. The molecule has 168 valence electrons. The number of likely N-dealkylation sites (tertiary alicyclic amines) is 1. The number of ether oxygens (including phenoxy) is 1. The first-order valence-corrected chi connectivity index (χ1v) is 9.03. The number of amides is 1. The second-order valence-corrected chi connectivity index (χ2v) is 6.88. The molecular weight excluding hydrogens is 415 g/mol. The lowest BCUT2D eigenvalue weighted by atomic mass is 9.95. The molecule has 2 aliphatic rings. The zero-order chi connectivity index (χ0) is 22.6. The van der Waals surface area contributed by atoms with Crippen LogP contribution in [0.1, 0.15) is 37.4 Å². The number of aliphatic carboxylic acids is 2. The van der Waals surface area contributed by atoms with E-state index < -0.39 is 30.3 Å². The van der Waals surface area contributed by atoms with E-state index in [1.165, 1.54) is 0 Å². The van der Waals surface area contributed by atoms with Crippen LogP contribution in [0.4, 0.5) is 19.1 Å². The number of anilines is 1. The van der Waals surface area contributed by atoms with Gasteiger partial charge in [-0.25, -0.2) is 14.3 Å². The number of carboxylic acids is 2. The van der Waals surface area contributed by atoms with Gasteiger partial charge < -0.3 is 25.6 Å². The number of hydrogen-bond acceptors (Lipinski definition) is 7. The Bertz CT molecular complexity index is 771. The molecule has 0 radical (unpaired) electrons. The number of rotatable bonds is 3. The van der Waals surface area contributed by atoms with Gasteiger partial charge in [0.25, 0.3) is 5.91 Å². The van der Waals surface area contributed by atoms with Gasteiger partial charge in [-0.3, -0.25) is 4.79 Å². The molecule has 1 aromatic rings. The van der Waals surface area contributed by atoms with E-state index in [0.29, 0.717) is 31.9 Å². The summed E-state index contributed by atoms with van der Waals surface area (Å²) in [5.74, 6) is -2.57. The molecule has 0 spiro atoms. The fourth-order valence-electron chi connectivity index (χ4n) is 3.15. The summed E-state index contributed by atoms with van der Waals surface area (Å²) in [6, 6.07) is 0. The van der Waals surface area contributed by atoms with Crippen LogP contribution in [0.2, 0.25) is 0 Å². The summed E-state index contributed by atoms with van der Waals surface area (Å²) >= 11 is 0. The summed E-state index contributed by atoms with van der Waals surface area (Å²) < 4.78 is 38.6. The van der Waals surface area contributed by atoms with E-state index in [1.807, 2.05) is 0 Å². The van der Waals surface area contributed by atoms with Crippen molar-refractivity contribution in [2.75, 3.05) is 18.8 Å². The molecule has 1 amide bonds. The maximum absolute atomic E-state index is 12.4. The Kier molecular flexibility index (Phi) is 7.23. The first-order chi connectivity index (χ1) is 13.9. The lowest BCUT2D eigenvalue weighted by Gasteiger charge is -2.32. The number of hydrogen-bond donors (Lipinski definition) is 3. The van der Waals surface area contributed by atoms with Crippen LogP contribution in [0.15, 0.2) is 0 Å². The molecule has 1 aromatic heterocycles. The molecule has 3 heterocycles. The minimum atomic E-state index is -5.08. The van der Waals surface area contributed by atoms with Crippen molar-refractivity contribution < 1.29 is 42.5 Å². The van der Waals surface area contributed by atoms with E-state index in [9.17, 15) is 22.8 Å². The Morgan fingerprint density at radius 1 is 1.10 bits per heavy atom. The van der Waals surface area contributed by atoms with E-state index in [2.05, 4.69) is 10.1 Å². The standard InChI is InChI=1S/C14H21N5O4.C2HF3O2/c1-18-14(15)16-11(17-18)8-4-6-19(7-5-8)12(20)9-2-3-10(23-9)13(21)22;3-2(4,5)1(6)7/h8-10H,2-7H2,1H3,(H,21,22)(H2,15,16,17);(H,6,7)/t9-,10+;/m1./s1. The number of nitrogens with zero attached hydrogens (tertiary/aromatic N) is 4. The Balaban J connectivity index is 0.000000396. The molecule has 30 heavy (non-hydrogen) atoms. The molecule has 0 unspecified atom stereocenters. The number of nitrogen functional groups attached to an aromatic ring is 1. The van der Waals surface area contributed by atoms with Crippen LogP contribution in [0.25, 0.3) is 0 Å². The fraction of sp³-hybridized carbons (Fsp3) is 0.688. The van der Waals surface area contributed by atoms with Crippen molar-refractivity contribution in [2.24, 2.45) is 7.05 Å². The number of aryl methyl sites for hydroxylation is 1. The molecule has 2 saturated heterocycles. The zero-order valence-corrected chi connectivity index (χ0v) is 16.0. The number of piperidine rings is 1. The molecule has 2 fully saturated rings. The summed E-state index contributed by atoms with van der Waals surface area (Å²) in [5, 5.41) is 20.4. The van der Waals surface area contributed by atoms with Crippen molar-refractivity contribution in [3.8, 4) is 0 Å². The van der Waals surface area contributed by atoms with Crippen molar-refractivity contribution >= 4 is 23.8 Å². The number of aromatic nitrogens is 3. The predicted molar refractivity (Wildman–Crippen MR) is 93.2 cm³/mol. The molecule has 0 aliphatic carbocycles. The topological polar surface area (TPSA) is 161 Å². The van der Waals surface area contributed by atoms with Gasteiger partial charge in [-0.1, -0.05) is 0 Å². The number of carbonyl (C=O) groups is 3. The third-order valence-corrected chi connectivity index (χ3v) is 4.80. The van der Waals surface area contributed by atoms with Crippen LogP contribution in [0.5, 0.6) is 0 Å². The van der Waals surface area contributed by atoms with Crippen molar-refractivity contribution in [2.45, 2.75) is 50.0 Å². The second-order valence-electron chi connectivity index (χ2n) is 6.88. The highest BCUT2D eigenvalue weighted by atomic mass is 19.4. The Labute approximate surface area is 168 Å². The maximum atomic E-state index is 12.4. The van der Waals surface area contributed by atoms with Crippen molar-refractivity contribution in [1.29, 1.82) is 0 Å². The van der Waals surface area contributed by atoms with Crippen molar-refractivity contribution in [3.05, 3.63) is 5.82 Å². The quantitative estimate of drug-likeness (QED) is 0.607. The fourth-order valence-corrected chi connectivity index (χ4v) is 3.15. The second kappa shape index (κ2) is 9.28. The van der Waals surface area contributed by atoms with E-state index in [4.69, 9.17) is 25.5 Å². The molecule has 0 saturated carbocycles. The lowest BCUT2D eigenvalue weighted by Crippen LogP contribution is -2.44. The third-order valence-electron chi connectivity index (χ3n) is 4.80. The number of halogens is 3. The smallest absolute Gasteiger partial charge is 0.479 e. The molecular formula is C16H22F3N5O6. The van der Waals surface area contributed by atoms with Crippen molar-refractivity contribution in [3.63, 3.8) is 0 Å². The SMILES string of the molecule is Cn1nc(C2CCN(C(=O)[C@H]3CC[C@@H](C(=O)O)O3)CC2)nc1N.O=C(O)C(F)(F)F. The molecule has 14 heteroatoms. The largest absolute Gasteiger partial charge is 0.490 e. The molecule has 0 bridgehead atoms. The normalized spacial score (nSPS) is 22.3. The van der Waals surface area contributed by atoms with Crippen molar-refractivity contribution in [1.82, 2.24) is 19.7 Å². The highest BCUT2D eigenvalue weighted by molar-refractivity contribution is 5.82. The average Bonchev–Trinajstić information content (AvgIpc) is 3.29. The molecule has 2 aliphatic heterocycles. The van der Waals surface area contributed by atoms with Gasteiger partial charge in [-0.2, -0.15) is 23.3 Å². The highest BCUT2D eigenvalue weighted by Gasteiger charge is 2.39. The number of nitrogens with two attached hydrogens (primary N) is 1. The van der Waals surface area contributed by atoms with Gasteiger partial charge >= 0.3 is 18.1 Å². The molecule has 3 rings (SSSR count). The first kappa shape index (κ1) is 23.4. The van der Waals surface area contributed by atoms with Gasteiger partial charge in [0, 0.05) is 26.1 Å². The maximum Gasteiger partial charge on any atom is 0.490 e. The van der Waals surface area contributed by atoms with Gasteiger partial charge in [0.05, 0.1) is 0 Å². The summed E-state index contributed by atoms with van der Waals surface area (Å²) in [4.78, 5) is 38.2. The van der Waals surface area contributed by atoms with Gasteiger partial charge in [-0.15, -0.1) is 0 Å². The number of alkyl halides is 3. The van der Waals surface area contributed by atoms with Gasteiger partial charge in [0.1, 0.15) is 6.10 Å². The molecule has 2 atom stereocenters. The predicted octanol–water partition coefficient (Wildman–Crippen LogP) is 0.369. The highest BCUT2D eigenvalue weighted by Crippen LogP contribution is 2.28. The third kappa shape index (κ3) is 5.81. The summed E-state index contributed by atoms with van der Waals surface area (Å²) in [6.07, 6.45) is -4.18. The van der Waals surface area contributed by atoms with Crippen LogP contribution < -0.4 is 5.73 Å². The number of carboxylic acid groups (broad SMARTS) is 2. The minimum Gasteiger partial charge on any atom is -0.479 e. The Hall–Kier alpha value is -2.90. The van der Waals surface area contributed by atoms with Gasteiger partial charge in [0.15, 0.2) is 11.9 Å². The summed E-state index contributed by atoms with van der Waals surface area (Å²) in [6.45, 7) is 1.19. The van der Waals surface area contributed by atoms with E-state index in [-0.39, 0.29) is 11.8 Å². The zero-order valence-electron chi connectivity index (χ0n) is 16.0. The first-order valence-electron chi connectivity index (χ1n) is 9.03. The molecule has 0 aromatic carbocycles. The van der Waals surface area contributed by atoms with Gasteiger partial charge in [-0.05, 0) is 25.7 Å². The average molecular weight is 437 g/mol. The monoisotopic (exact) mass is 437 g/mol. The van der Waals surface area contributed by atoms with Crippen LogP contribution in [0.3, 0.4) is 0 Å². The van der Waals surface area contributed by atoms with E-state index >= 15 is 0 Å². The summed E-state index contributed by atoms with van der Waals surface area (Å²) in [7, 11) is 1.75. The van der Waals surface area contributed by atoms with Gasteiger partial charge in [0.2, 0.25) is 5.95 Å². The molecule has 11 nitrogen and oxygen atoms in total. The Morgan fingerprint density at radius 3 is 2.03 bits per heavy atom. The van der Waals surface area contributed by atoms with E-state index in [0.717, 1.165) is 18.7 Å². The van der Waals surface area contributed by atoms with Crippen LogP contribution in [-0.2, 0) is 26.2 Å². The number of carbonyl (C=O) groups excluding carboxylic acids is 1. The Morgan fingerprint density at radius 2 is 1.63 bits per heavy atom. The van der Waals surface area contributed by atoms with Crippen LogP contribution in [-0.4, -0.2) is 79.2 Å². The van der Waals surface area contributed by atoms with Crippen LogP contribution >= 0.6 is 0 Å².